The molecule has 0 radical (unpaired) electrons. The van der Waals surface area contributed by atoms with Crippen LogP contribution in [0, 0.1) is 0 Å². The fourth-order valence-corrected chi connectivity index (χ4v) is 3.83. The Morgan fingerprint density at radius 2 is 2.27 bits per heavy atom. The summed E-state index contributed by atoms with van der Waals surface area (Å²) in [4.78, 5) is 8.11. The van der Waals surface area contributed by atoms with Crippen LogP contribution in [0.15, 0.2) is 40.7 Å². The van der Waals surface area contributed by atoms with Crippen molar-refractivity contribution in [3.63, 3.8) is 0 Å². The number of thiophene rings is 1. The number of hydrogen-bond acceptors (Lipinski definition) is 4. The second kappa shape index (κ2) is 5.83. The van der Waals surface area contributed by atoms with Crippen molar-refractivity contribution in [3.8, 4) is 0 Å². The first kappa shape index (κ1) is 13.9. The highest BCUT2D eigenvalue weighted by molar-refractivity contribution is 7.12. The molecule has 114 valence electrons. The molecule has 1 atom stereocenters. The lowest BCUT2D eigenvalue weighted by Crippen LogP contribution is -2.48. The Hall–Kier alpha value is -1.69. The number of hydrogen-bond donors (Lipinski definition) is 1. The SMILES string of the molecule is NC(=Nc1ccc2c(c1)CN1CCOCC1C2)c1cccs1. The molecule has 2 aliphatic rings. The van der Waals surface area contributed by atoms with Gasteiger partial charge in [0.15, 0.2) is 0 Å². The van der Waals surface area contributed by atoms with E-state index in [1.807, 2.05) is 17.5 Å². The van der Waals surface area contributed by atoms with Gasteiger partial charge in [0.2, 0.25) is 0 Å². The van der Waals surface area contributed by atoms with Crippen molar-refractivity contribution in [2.75, 3.05) is 19.8 Å². The predicted octanol–water partition coefficient (Wildman–Crippen LogP) is 2.54. The molecule has 2 N–H and O–H groups in total. The van der Waals surface area contributed by atoms with E-state index in [4.69, 9.17) is 10.5 Å². The molecule has 4 rings (SSSR count). The third-order valence-electron chi connectivity index (χ3n) is 4.39. The van der Waals surface area contributed by atoms with Gasteiger partial charge in [-0.1, -0.05) is 12.1 Å². The Morgan fingerprint density at radius 1 is 1.32 bits per heavy atom. The minimum Gasteiger partial charge on any atom is -0.383 e. The zero-order valence-electron chi connectivity index (χ0n) is 12.4. The Morgan fingerprint density at radius 3 is 3.14 bits per heavy atom. The van der Waals surface area contributed by atoms with Crippen molar-refractivity contribution in [2.45, 2.75) is 19.0 Å². The van der Waals surface area contributed by atoms with Gasteiger partial charge in [0.1, 0.15) is 5.84 Å². The highest BCUT2D eigenvalue weighted by Gasteiger charge is 2.28. The average molecular weight is 313 g/mol. The number of nitrogens with zero attached hydrogens (tertiary/aromatic N) is 2. The molecule has 4 nitrogen and oxygen atoms in total. The Bertz CT molecular complexity index is 696. The van der Waals surface area contributed by atoms with Gasteiger partial charge in [-0.15, -0.1) is 11.3 Å². The van der Waals surface area contributed by atoms with Crippen LogP contribution < -0.4 is 5.73 Å². The lowest BCUT2D eigenvalue weighted by atomic mass is 9.93. The molecule has 0 aliphatic carbocycles. The fraction of sp³-hybridized carbons (Fsp3) is 0.353. The maximum absolute atomic E-state index is 6.09. The normalized spacial score (nSPS) is 22.2. The molecular formula is C17H19N3OS. The van der Waals surface area contributed by atoms with Crippen molar-refractivity contribution in [2.24, 2.45) is 10.7 Å². The number of aliphatic imine (C=N–C) groups is 1. The van der Waals surface area contributed by atoms with E-state index in [2.05, 4.69) is 28.1 Å². The zero-order chi connectivity index (χ0) is 14.9. The van der Waals surface area contributed by atoms with Gasteiger partial charge in [-0.05, 0) is 41.1 Å². The highest BCUT2D eigenvalue weighted by Crippen LogP contribution is 2.28. The summed E-state index contributed by atoms with van der Waals surface area (Å²) in [6, 6.07) is 11.0. The van der Waals surface area contributed by atoms with Gasteiger partial charge in [-0.25, -0.2) is 4.99 Å². The van der Waals surface area contributed by atoms with E-state index in [9.17, 15) is 0 Å². The number of ether oxygens (including phenoxy) is 1. The molecule has 1 unspecified atom stereocenters. The van der Waals surface area contributed by atoms with Crippen LogP contribution in [0.1, 0.15) is 16.0 Å². The van der Waals surface area contributed by atoms with Crippen LogP contribution in [0.5, 0.6) is 0 Å². The van der Waals surface area contributed by atoms with Crippen molar-refractivity contribution in [1.82, 2.24) is 4.90 Å². The Balaban J connectivity index is 1.61. The summed E-state index contributed by atoms with van der Waals surface area (Å²) in [6.45, 7) is 3.71. The summed E-state index contributed by atoms with van der Waals surface area (Å²) < 4.78 is 5.59. The second-order valence-corrected chi connectivity index (χ2v) is 6.78. The van der Waals surface area contributed by atoms with Gasteiger partial charge >= 0.3 is 0 Å². The number of fused-ring (bicyclic) bond motifs is 2. The summed E-state index contributed by atoms with van der Waals surface area (Å²) in [7, 11) is 0. The molecule has 1 saturated heterocycles. The van der Waals surface area contributed by atoms with Crippen molar-refractivity contribution in [1.29, 1.82) is 0 Å². The van der Waals surface area contributed by atoms with Gasteiger partial charge in [-0.2, -0.15) is 0 Å². The quantitative estimate of drug-likeness (QED) is 0.685. The van der Waals surface area contributed by atoms with Crippen LogP contribution in [0.3, 0.4) is 0 Å². The number of nitrogens with two attached hydrogens (primary N) is 1. The van der Waals surface area contributed by atoms with Crippen LogP contribution in [0.25, 0.3) is 0 Å². The van der Waals surface area contributed by atoms with Crippen LogP contribution in [-0.2, 0) is 17.7 Å². The molecule has 1 aromatic carbocycles. The predicted molar refractivity (Wildman–Crippen MR) is 89.9 cm³/mol. The molecule has 5 heteroatoms. The van der Waals surface area contributed by atoms with Gasteiger partial charge in [-0.3, -0.25) is 4.90 Å². The zero-order valence-corrected chi connectivity index (χ0v) is 13.2. The molecular weight excluding hydrogens is 294 g/mol. The van der Waals surface area contributed by atoms with Gasteiger partial charge in [0.25, 0.3) is 0 Å². The van der Waals surface area contributed by atoms with E-state index in [-0.39, 0.29) is 0 Å². The van der Waals surface area contributed by atoms with Gasteiger partial charge in [0.05, 0.1) is 23.8 Å². The molecule has 1 aromatic heterocycles. The van der Waals surface area contributed by atoms with Crippen molar-refractivity contribution < 1.29 is 4.74 Å². The monoisotopic (exact) mass is 313 g/mol. The second-order valence-electron chi connectivity index (χ2n) is 5.83. The van der Waals surface area contributed by atoms with E-state index in [0.717, 1.165) is 43.3 Å². The van der Waals surface area contributed by atoms with Crippen LogP contribution in [-0.4, -0.2) is 36.5 Å². The molecule has 1 fully saturated rings. The summed E-state index contributed by atoms with van der Waals surface area (Å²) in [5, 5.41) is 2.02. The third-order valence-corrected chi connectivity index (χ3v) is 5.28. The molecule has 22 heavy (non-hydrogen) atoms. The summed E-state index contributed by atoms with van der Waals surface area (Å²) >= 11 is 1.62. The van der Waals surface area contributed by atoms with E-state index >= 15 is 0 Å². The smallest absolute Gasteiger partial charge is 0.141 e. The topological polar surface area (TPSA) is 50.8 Å². The summed E-state index contributed by atoms with van der Waals surface area (Å²) in [5.41, 5.74) is 9.82. The van der Waals surface area contributed by atoms with E-state index in [1.165, 1.54) is 11.1 Å². The summed E-state index contributed by atoms with van der Waals surface area (Å²) in [5.74, 6) is 0.593. The number of benzene rings is 1. The minimum absolute atomic E-state index is 0.534. The summed E-state index contributed by atoms with van der Waals surface area (Å²) in [6.07, 6.45) is 1.07. The van der Waals surface area contributed by atoms with Crippen molar-refractivity contribution in [3.05, 3.63) is 51.7 Å². The fourth-order valence-electron chi connectivity index (χ4n) is 3.20. The van der Waals surface area contributed by atoms with E-state index in [0.29, 0.717) is 11.9 Å². The molecule has 0 saturated carbocycles. The number of rotatable bonds is 2. The first-order valence-electron chi connectivity index (χ1n) is 7.61. The minimum atomic E-state index is 0.534. The highest BCUT2D eigenvalue weighted by atomic mass is 32.1. The third kappa shape index (κ3) is 2.67. The molecule has 2 aromatic rings. The van der Waals surface area contributed by atoms with Gasteiger partial charge < -0.3 is 10.5 Å². The maximum atomic E-state index is 6.09. The van der Waals surface area contributed by atoms with Crippen LogP contribution in [0.2, 0.25) is 0 Å². The first-order chi connectivity index (χ1) is 10.8. The molecule has 0 amide bonds. The van der Waals surface area contributed by atoms with E-state index < -0.39 is 0 Å². The molecule has 2 aliphatic heterocycles. The largest absolute Gasteiger partial charge is 0.383 e. The van der Waals surface area contributed by atoms with Gasteiger partial charge in [0, 0.05) is 19.1 Å². The lowest BCUT2D eigenvalue weighted by molar-refractivity contribution is -0.0163. The molecule has 0 bridgehead atoms. The maximum Gasteiger partial charge on any atom is 0.141 e. The molecule has 0 spiro atoms. The molecule has 3 heterocycles. The average Bonchev–Trinajstić information content (AvgIpc) is 3.07. The first-order valence-corrected chi connectivity index (χ1v) is 8.49. The van der Waals surface area contributed by atoms with Crippen LogP contribution >= 0.6 is 11.3 Å². The Kier molecular flexibility index (Phi) is 3.70. The lowest BCUT2D eigenvalue weighted by Gasteiger charge is -2.39. The number of morpholine rings is 1. The Labute approximate surface area is 134 Å². The van der Waals surface area contributed by atoms with E-state index in [1.54, 1.807) is 11.3 Å². The number of amidine groups is 1. The van der Waals surface area contributed by atoms with Crippen molar-refractivity contribution >= 4 is 22.9 Å². The standard InChI is InChI=1S/C17H19N3OS/c18-17(16-2-1-7-22-16)19-14-4-3-12-9-15-11-21-6-5-20(15)10-13(12)8-14/h1-4,7-8,15H,5-6,9-11H2,(H2,18,19). The van der Waals surface area contributed by atoms with Crippen LogP contribution in [0.4, 0.5) is 5.69 Å².